The third-order valence-electron chi connectivity index (χ3n) is 1.88. The van der Waals surface area contributed by atoms with Gasteiger partial charge in [0.2, 0.25) is 10.0 Å². The highest BCUT2D eigenvalue weighted by molar-refractivity contribution is 7.89. The lowest BCUT2D eigenvalue weighted by Gasteiger charge is -2.10. The topological polar surface area (TPSA) is 69.4 Å². The molecule has 0 aliphatic heterocycles. The Balaban J connectivity index is 3.13. The standard InChI is InChI=1S/C11H15NO3S/c1-8(2)7-15-10-5-4-9(3)6-11(10)16(12,13)14/h4-6H,1,7H2,2-3H3,(H2,12,13,14). The van der Waals surface area contributed by atoms with Crippen molar-refractivity contribution in [3.8, 4) is 5.75 Å². The minimum atomic E-state index is -3.76. The molecule has 0 aromatic heterocycles. The predicted octanol–water partition coefficient (Wildman–Crippen LogP) is 1.60. The minimum absolute atomic E-state index is 0.00810. The van der Waals surface area contributed by atoms with Gasteiger partial charge in [-0.2, -0.15) is 0 Å². The molecule has 0 bridgehead atoms. The predicted molar refractivity (Wildman–Crippen MR) is 62.9 cm³/mol. The number of rotatable bonds is 4. The van der Waals surface area contributed by atoms with E-state index in [1.54, 1.807) is 26.0 Å². The molecule has 0 aliphatic carbocycles. The Morgan fingerprint density at radius 3 is 2.62 bits per heavy atom. The largest absolute Gasteiger partial charge is 0.488 e. The van der Waals surface area contributed by atoms with Gasteiger partial charge in [-0.3, -0.25) is 0 Å². The van der Waals surface area contributed by atoms with Crippen LogP contribution in [0.3, 0.4) is 0 Å². The van der Waals surface area contributed by atoms with E-state index in [1.807, 2.05) is 0 Å². The molecular weight excluding hydrogens is 226 g/mol. The average Bonchev–Trinajstić information content (AvgIpc) is 2.14. The fourth-order valence-corrected chi connectivity index (χ4v) is 1.92. The maximum atomic E-state index is 11.3. The Labute approximate surface area is 95.8 Å². The molecule has 2 N–H and O–H groups in total. The highest BCUT2D eigenvalue weighted by Crippen LogP contribution is 2.24. The van der Waals surface area contributed by atoms with Crippen molar-refractivity contribution in [2.75, 3.05) is 6.61 Å². The molecule has 0 amide bonds. The Kier molecular flexibility index (Phi) is 3.72. The lowest BCUT2D eigenvalue weighted by molar-refractivity contribution is 0.343. The average molecular weight is 241 g/mol. The molecule has 0 saturated heterocycles. The van der Waals surface area contributed by atoms with E-state index in [2.05, 4.69) is 6.58 Å². The van der Waals surface area contributed by atoms with E-state index < -0.39 is 10.0 Å². The van der Waals surface area contributed by atoms with Crippen molar-refractivity contribution in [1.29, 1.82) is 0 Å². The van der Waals surface area contributed by atoms with Crippen molar-refractivity contribution >= 4 is 10.0 Å². The summed E-state index contributed by atoms with van der Waals surface area (Å²) < 4.78 is 28.0. The van der Waals surface area contributed by atoms with Crippen LogP contribution in [0.4, 0.5) is 0 Å². The van der Waals surface area contributed by atoms with E-state index in [-0.39, 0.29) is 17.3 Å². The van der Waals surface area contributed by atoms with E-state index in [4.69, 9.17) is 9.88 Å². The summed E-state index contributed by atoms with van der Waals surface area (Å²) >= 11 is 0. The Morgan fingerprint density at radius 1 is 1.50 bits per heavy atom. The summed E-state index contributed by atoms with van der Waals surface area (Å²) in [6, 6.07) is 4.85. The molecule has 0 saturated carbocycles. The van der Waals surface area contributed by atoms with Crippen LogP contribution in [0.1, 0.15) is 12.5 Å². The van der Waals surface area contributed by atoms with Gasteiger partial charge in [0, 0.05) is 0 Å². The third kappa shape index (κ3) is 3.36. The third-order valence-corrected chi connectivity index (χ3v) is 2.81. The second kappa shape index (κ2) is 4.67. The van der Waals surface area contributed by atoms with Crippen molar-refractivity contribution in [2.45, 2.75) is 18.7 Å². The lowest BCUT2D eigenvalue weighted by Crippen LogP contribution is -2.14. The fraction of sp³-hybridized carbons (Fsp3) is 0.273. The molecule has 1 rings (SSSR count). The van der Waals surface area contributed by atoms with Crippen LogP contribution in [-0.2, 0) is 10.0 Å². The lowest BCUT2D eigenvalue weighted by atomic mass is 10.2. The SMILES string of the molecule is C=C(C)COc1ccc(C)cc1S(N)(=O)=O. The van der Waals surface area contributed by atoms with Gasteiger partial charge in [0.05, 0.1) is 0 Å². The van der Waals surface area contributed by atoms with Crippen molar-refractivity contribution in [1.82, 2.24) is 0 Å². The molecule has 4 nitrogen and oxygen atoms in total. The second-order valence-corrected chi connectivity index (χ2v) is 5.27. The number of hydrogen-bond donors (Lipinski definition) is 1. The summed E-state index contributed by atoms with van der Waals surface area (Å²) in [5, 5.41) is 5.10. The minimum Gasteiger partial charge on any atom is -0.488 e. The molecule has 0 spiro atoms. The van der Waals surface area contributed by atoms with Gasteiger partial charge in [-0.1, -0.05) is 12.6 Å². The quantitative estimate of drug-likeness (QED) is 0.814. The number of primary sulfonamides is 1. The number of sulfonamides is 1. The Bertz CT molecular complexity index is 506. The van der Waals surface area contributed by atoms with Gasteiger partial charge in [0.1, 0.15) is 17.3 Å². The van der Waals surface area contributed by atoms with Crippen LogP contribution in [0.25, 0.3) is 0 Å². The Morgan fingerprint density at radius 2 is 2.12 bits per heavy atom. The van der Waals surface area contributed by atoms with Crippen LogP contribution in [0.15, 0.2) is 35.2 Å². The summed E-state index contributed by atoms with van der Waals surface area (Å²) in [6.07, 6.45) is 0. The molecule has 88 valence electrons. The smallest absolute Gasteiger partial charge is 0.241 e. The summed E-state index contributed by atoms with van der Waals surface area (Å²) in [4.78, 5) is 0.00810. The van der Waals surface area contributed by atoms with Gasteiger partial charge < -0.3 is 4.74 Å². The molecule has 0 heterocycles. The molecule has 0 radical (unpaired) electrons. The zero-order valence-corrected chi connectivity index (χ0v) is 10.2. The number of ether oxygens (including phenoxy) is 1. The van der Waals surface area contributed by atoms with Crippen LogP contribution in [0.5, 0.6) is 5.75 Å². The van der Waals surface area contributed by atoms with Crippen molar-refractivity contribution in [2.24, 2.45) is 5.14 Å². The molecule has 1 aromatic rings. The maximum absolute atomic E-state index is 11.3. The van der Waals surface area contributed by atoms with Crippen LogP contribution in [0.2, 0.25) is 0 Å². The molecular formula is C11H15NO3S. The first-order chi connectivity index (χ1) is 7.30. The summed E-state index contributed by atoms with van der Waals surface area (Å²) in [5.74, 6) is 0.260. The summed E-state index contributed by atoms with van der Waals surface area (Å²) in [6.45, 7) is 7.53. The fourth-order valence-electron chi connectivity index (χ4n) is 1.16. The summed E-state index contributed by atoms with van der Waals surface area (Å²) in [7, 11) is -3.76. The van der Waals surface area contributed by atoms with Crippen LogP contribution in [-0.4, -0.2) is 15.0 Å². The van der Waals surface area contributed by atoms with Gasteiger partial charge >= 0.3 is 0 Å². The van der Waals surface area contributed by atoms with Gasteiger partial charge in [-0.05, 0) is 37.1 Å². The summed E-state index contributed by atoms with van der Waals surface area (Å²) in [5.41, 5.74) is 1.62. The number of nitrogens with two attached hydrogens (primary N) is 1. The van der Waals surface area contributed by atoms with Crippen molar-refractivity contribution < 1.29 is 13.2 Å². The highest BCUT2D eigenvalue weighted by atomic mass is 32.2. The van der Waals surface area contributed by atoms with E-state index in [1.165, 1.54) is 6.07 Å². The molecule has 0 unspecified atom stereocenters. The molecule has 0 fully saturated rings. The van der Waals surface area contributed by atoms with Crippen LogP contribution >= 0.6 is 0 Å². The maximum Gasteiger partial charge on any atom is 0.241 e. The van der Waals surface area contributed by atoms with E-state index in [0.29, 0.717) is 0 Å². The highest BCUT2D eigenvalue weighted by Gasteiger charge is 2.15. The van der Waals surface area contributed by atoms with Crippen LogP contribution in [0, 0.1) is 6.92 Å². The number of benzene rings is 1. The molecule has 1 aromatic carbocycles. The zero-order valence-electron chi connectivity index (χ0n) is 9.36. The molecule has 0 atom stereocenters. The van der Waals surface area contributed by atoms with Crippen LogP contribution < -0.4 is 9.88 Å². The molecule has 5 heteroatoms. The number of hydrogen-bond acceptors (Lipinski definition) is 3. The van der Waals surface area contributed by atoms with Gasteiger partial charge in [0.15, 0.2) is 0 Å². The van der Waals surface area contributed by atoms with Gasteiger partial charge in [0.25, 0.3) is 0 Å². The van der Waals surface area contributed by atoms with E-state index >= 15 is 0 Å². The van der Waals surface area contributed by atoms with Crippen molar-refractivity contribution in [3.05, 3.63) is 35.9 Å². The monoisotopic (exact) mass is 241 g/mol. The van der Waals surface area contributed by atoms with Gasteiger partial charge in [-0.25, -0.2) is 13.6 Å². The second-order valence-electron chi connectivity index (χ2n) is 3.74. The van der Waals surface area contributed by atoms with Gasteiger partial charge in [-0.15, -0.1) is 0 Å². The molecule has 16 heavy (non-hydrogen) atoms. The van der Waals surface area contributed by atoms with E-state index in [0.717, 1.165) is 11.1 Å². The Hall–Kier alpha value is -1.33. The first-order valence-corrected chi connectivity index (χ1v) is 6.26. The number of aryl methyl sites for hydroxylation is 1. The first kappa shape index (κ1) is 12.7. The zero-order chi connectivity index (χ0) is 12.3. The van der Waals surface area contributed by atoms with Crippen molar-refractivity contribution in [3.63, 3.8) is 0 Å². The normalized spacial score (nSPS) is 11.2. The molecule has 0 aliphatic rings. The van der Waals surface area contributed by atoms with E-state index in [9.17, 15) is 8.42 Å². The first-order valence-electron chi connectivity index (χ1n) is 4.71.